The first kappa shape index (κ1) is 15.0. The normalized spacial score (nSPS) is 13.0. The summed E-state index contributed by atoms with van der Waals surface area (Å²) in [5.41, 5.74) is -0.149. The van der Waals surface area contributed by atoms with Gasteiger partial charge in [0.05, 0.1) is 6.54 Å². The molecule has 21 heavy (non-hydrogen) atoms. The number of nitrogens with one attached hydrogen (secondary N) is 2. The number of nitrogens with zero attached hydrogens (tertiary/aromatic N) is 4. The van der Waals surface area contributed by atoms with Crippen molar-refractivity contribution in [1.82, 2.24) is 25.2 Å². The summed E-state index contributed by atoms with van der Waals surface area (Å²) < 4.78 is 6.86. The first-order valence-corrected chi connectivity index (χ1v) is 6.72. The fourth-order valence-corrected chi connectivity index (χ4v) is 1.72. The van der Waals surface area contributed by atoms with Gasteiger partial charge in [0.2, 0.25) is 0 Å². The van der Waals surface area contributed by atoms with Gasteiger partial charge in [0.15, 0.2) is 5.82 Å². The van der Waals surface area contributed by atoms with Crippen molar-refractivity contribution >= 4 is 11.8 Å². The summed E-state index contributed by atoms with van der Waals surface area (Å²) >= 11 is 0. The molecular formula is C13H20N6O2. The molecule has 0 bridgehead atoms. The predicted molar refractivity (Wildman–Crippen MR) is 76.8 cm³/mol. The van der Waals surface area contributed by atoms with Crippen molar-refractivity contribution in [3.05, 3.63) is 24.5 Å². The monoisotopic (exact) mass is 292 g/mol. The number of aromatic nitrogens is 4. The van der Waals surface area contributed by atoms with Gasteiger partial charge in [0, 0.05) is 17.5 Å². The van der Waals surface area contributed by atoms with Crippen molar-refractivity contribution in [2.45, 2.75) is 45.7 Å². The third-order valence-electron chi connectivity index (χ3n) is 2.80. The standard InChI is InChI=1S/C13H20N6O2/c1-9(6-19-8-14-7-15-19)16-12(20)17-11-5-10(21-18-11)13(2,3)4/h5,7-9H,6H2,1-4H3,(H2,16,17,18,20)/t9-/m1/s1. The van der Waals surface area contributed by atoms with Crippen molar-refractivity contribution < 1.29 is 9.32 Å². The van der Waals surface area contributed by atoms with Gasteiger partial charge in [-0.2, -0.15) is 5.10 Å². The highest BCUT2D eigenvalue weighted by atomic mass is 16.5. The number of amides is 2. The van der Waals surface area contributed by atoms with Crippen LogP contribution in [0.5, 0.6) is 0 Å². The van der Waals surface area contributed by atoms with Gasteiger partial charge in [0.25, 0.3) is 0 Å². The Hall–Kier alpha value is -2.38. The lowest BCUT2D eigenvalue weighted by Gasteiger charge is -2.13. The lowest BCUT2D eigenvalue weighted by Crippen LogP contribution is -2.38. The van der Waals surface area contributed by atoms with E-state index in [-0.39, 0.29) is 17.5 Å². The van der Waals surface area contributed by atoms with Crippen LogP contribution in [-0.4, -0.2) is 32.0 Å². The SMILES string of the molecule is C[C@H](Cn1cncn1)NC(=O)Nc1cc(C(C)(C)C)on1. The number of carbonyl (C=O) groups excluding carboxylic acids is 1. The predicted octanol–water partition coefficient (Wildman–Crippen LogP) is 1.77. The smallest absolute Gasteiger partial charge is 0.320 e. The van der Waals surface area contributed by atoms with Gasteiger partial charge in [-0.05, 0) is 6.92 Å². The van der Waals surface area contributed by atoms with Crippen LogP contribution in [0, 0.1) is 0 Å². The number of hydrogen-bond donors (Lipinski definition) is 2. The summed E-state index contributed by atoms with van der Waals surface area (Å²) in [6, 6.07) is 1.29. The highest BCUT2D eigenvalue weighted by molar-refractivity contribution is 5.88. The van der Waals surface area contributed by atoms with Crippen LogP contribution < -0.4 is 10.6 Å². The minimum Gasteiger partial charge on any atom is -0.359 e. The quantitative estimate of drug-likeness (QED) is 0.895. The van der Waals surface area contributed by atoms with E-state index in [9.17, 15) is 4.79 Å². The van der Waals surface area contributed by atoms with E-state index in [2.05, 4.69) is 25.9 Å². The van der Waals surface area contributed by atoms with Crippen molar-refractivity contribution in [1.29, 1.82) is 0 Å². The Morgan fingerprint density at radius 1 is 1.48 bits per heavy atom. The Labute approximate surface area is 122 Å². The van der Waals surface area contributed by atoms with Crippen molar-refractivity contribution in [2.24, 2.45) is 0 Å². The maximum Gasteiger partial charge on any atom is 0.320 e. The second-order valence-electron chi connectivity index (χ2n) is 5.94. The molecule has 0 aliphatic rings. The summed E-state index contributed by atoms with van der Waals surface area (Å²) in [7, 11) is 0. The lowest BCUT2D eigenvalue weighted by molar-refractivity contribution is 0.247. The van der Waals surface area contributed by atoms with E-state index in [1.165, 1.54) is 6.33 Å². The summed E-state index contributed by atoms with van der Waals surface area (Å²) in [6.45, 7) is 8.46. The first-order valence-electron chi connectivity index (χ1n) is 6.72. The van der Waals surface area contributed by atoms with Crippen LogP contribution in [0.4, 0.5) is 10.6 Å². The van der Waals surface area contributed by atoms with Crippen LogP contribution in [0.1, 0.15) is 33.5 Å². The van der Waals surface area contributed by atoms with E-state index < -0.39 is 0 Å². The molecule has 0 unspecified atom stereocenters. The Morgan fingerprint density at radius 2 is 2.24 bits per heavy atom. The van der Waals surface area contributed by atoms with Gasteiger partial charge in [-0.1, -0.05) is 25.9 Å². The molecule has 0 saturated heterocycles. The van der Waals surface area contributed by atoms with E-state index >= 15 is 0 Å². The van der Waals surface area contributed by atoms with Gasteiger partial charge >= 0.3 is 6.03 Å². The van der Waals surface area contributed by atoms with Crippen LogP contribution in [0.15, 0.2) is 23.2 Å². The molecule has 0 saturated carbocycles. The maximum absolute atomic E-state index is 11.9. The highest BCUT2D eigenvalue weighted by Gasteiger charge is 2.20. The van der Waals surface area contributed by atoms with Crippen LogP contribution in [0.25, 0.3) is 0 Å². The zero-order valence-electron chi connectivity index (χ0n) is 12.6. The fourth-order valence-electron chi connectivity index (χ4n) is 1.72. The molecule has 0 radical (unpaired) electrons. The molecule has 1 atom stereocenters. The number of rotatable bonds is 4. The average Bonchev–Trinajstić information content (AvgIpc) is 2.98. The van der Waals surface area contributed by atoms with Crippen LogP contribution in [0.2, 0.25) is 0 Å². The van der Waals surface area contributed by atoms with Crippen molar-refractivity contribution in [2.75, 3.05) is 5.32 Å². The molecule has 2 heterocycles. The third kappa shape index (κ3) is 4.30. The summed E-state index contributed by atoms with van der Waals surface area (Å²) in [5, 5.41) is 13.3. The van der Waals surface area contributed by atoms with Gasteiger partial charge < -0.3 is 9.84 Å². The Balaban J connectivity index is 1.85. The van der Waals surface area contributed by atoms with E-state index in [1.807, 2.05) is 27.7 Å². The topological polar surface area (TPSA) is 97.9 Å². The second-order valence-corrected chi connectivity index (χ2v) is 5.94. The molecule has 8 heteroatoms. The minimum absolute atomic E-state index is 0.0966. The molecule has 0 aliphatic heterocycles. The van der Waals surface area contributed by atoms with Crippen molar-refractivity contribution in [3.8, 4) is 0 Å². The molecule has 2 rings (SSSR count). The highest BCUT2D eigenvalue weighted by Crippen LogP contribution is 2.24. The van der Waals surface area contributed by atoms with E-state index in [0.29, 0.717) is 18.1 Å². The zero-order chi connectivity index (χ0) is 15.5. The molecular weight excluding hydrogens is 272 g/mol. The largest absolute Gasteiger partial charge is 0.359 e. The molecule has 2 amide bonds. The minimum atomic E-state index is -0.337. The zero-order valence-corrected chi connectivity index (χ0v) is 12.6. The maximum atomic E-state index is 11.9. The molecule has 2 aromatic heterocycles. The molecule has 8 nitrogen and oxygen atoms in total. The number of hydrogen-bond acceptors (Lipinski definition) is 5. The summed E-state index contributed by atoms with van der Waals surface area (Å²) in [5.74, 6) is 1.11. The molecule has 0 aromatic carbocycles. The average molecular weight is 292 g/mol. The summed E-state index contributed by atoms with van der Waals surface area (Å²) in [4.78, 5) is 15.7. The second kappa shape index (κ2) is 5.94. The number of urea groups is 1. The van der Waals surface area contributed by atoms with Crippen LogP contribution >= 0.6 is 0 Å². The van der Waals surface area contributed by atoms with E-state index in [4.69, 9.17) is 4.52 Å². The number of anilines is 1. The Morgan fingerprint density at radius 3 is 2.81 bits per heavy atom. The molecule has 2 N–H and O–H groups in total. The number of carbonyl (C=O) groups is 1. The Bertz CT molecular complexity index is 584. The molecule has 0 fully saturated rings. The molecule has 2 aromatic rings. The molecule has 0 aliphatic carbocycles. The van der Waals surface area contributed by atoms with Crippen LogP contribution in [-0.2, 0) is 12.0 Å². The fraction of sp³-hybridized carbons (Fsp3) is 0.538. The first-order chi connectivity index (χ1) is 9.84. The van der Waals surface area contributed by atoms with E-state index in [1.54, 1.807) is 17.1 Å². The van der Waals surface area contributed by atoms with E-state index in [0.717, 1.165) is 0 Å². The van der Waals surface area contributed by atoms with Crippen LogP contribution in [0.3, 0.4) is 0 Å². The molecule has 114 valence electrons. The summed E-state index contributed by atoms with van der Waals surface area (Å²) in [6.07, 6.45) is 3.06. The van der Waals surface area contributed by atoms with Gasteiger partial charge in [0.1, 0.15) is 18.4 Å². The molecule has 0 spiro atoms. The third-order valence-corrected chi connectivity index (χ3v) is 2.80. The van der Waals surface area contributed by atoms with Gasteiger partial charge in [-0.3, -0.25) is 10.00 Å². The lowest BCUT2D eigenvalue weighted by atomic mass is 9.93. The van der Waals surface area contributed by atoms with Gasteiger partial charge in [-0.25, -0.2) is 9.78 Å². The van der Waals surface area contributed by atoms with Crippen molar-refractivity contribution in [3.63, 3.8) is 0 Å². The Kier molecular flexibility index (Phi) is 4.25. The van der Waals surface area contributed by atoms with Gasteiger partial charge in [-0.15, -0.1) is 0 Å².